The van der Waals surface area contributed by atoms with Crippen LogP contribution in [0.5, 0.6) is 0 Å². The monoisotopic (exact) mass is 112 g/mol. The van der Waals surface area contributed by atoms with Crippen molar-refractivity contribution in [2.45, 2.75) is 45.3 Å². The Morgan fingerprint density at radius 1 is 1.38 bits per heavy atom. The van der Waals surface area contributed by atoms with Gasteiger partial charge in [-0.05, 0) is 0 Å². The van der Waals surface area contributed by atoms with Crippen LogP contribution in [0.4, 0.5) is 0 Å². The van der Waals surface area contributed by atoms with Crippen LogP contribution in [-0.2, 0) is 0 Å². The number of rotatable bonds is 4. The summed E-state index contributed by atoms with van der Waals surface area (Å²) in [5, 5.41) is 0. The zero-order valence-electron chi connectivity index (χ0n) is 6.41. The molecule has 0 fully saturated rings. The van der Waals surface area contributed by atoms with Gasteiger partial charge in [0, 0.05) is 0 Å². The highest BCUT2D eigenvalue weighted by Crippen LogP contribution is 2.09. The lowest BCUT2D eigenvalue weighted by atomic mass is 9.85. The Morgan fingerprint density at radius 3 is 2.38 bits per heavy atom. The molecular weight excluding hydrogens is 94.9 g/mol. The van der Waals surface area contributed by atoms with Gasteiger partial charge in [0.1, 0.15) is 7.85 Å². The Morgan fingerprint density at radius 2 is 2.00 bits per heavy atom. The zero-order valence-corrected chi connectivity index (χ0v) is 6.41. The van der Waals surface area contributed by atoms with Gasteiger partial charge in [-0.15, -0.1) is 0 Å². The summed E-state index contributed by atoms with van der Waals surface area (Å²) in [6.45, 7) is 4.54. The lowest BCUT2D eigenvalue weighted by molar-refractivity contribution is 0.655. The molecule has 0 spiro atoms. The maximum atomic E-state index is 2.29. The molecule has 0 N–H and O–H groups in total. The predicted octanol–water partition coefficient (Wildman–Crippen LogP) is 2.01. The van der Waals surface area contributed by atoms with E-state index in [4.69, 9.17) is 0 Å². The van der Waals surface area contributed by atoms with E-state index < -0.39 is 0 Å². The predicted molar refractivity (Wildman–Crippen MR) is 42.1 cm³/mol. The number of hydrogen-bond donors (Lipinski definition) is 0. The molecule has 1 atom stereocenters. The lowest BCUT2D eigenvalue weighted by Gasteiger charge is -2.00. The largest absolute Gasteiger partial charge is 0.105 e. The Hall–Kier alpha value is 0.0649. The van der Waals surface area contributed by atoms with Gasteiger partial charge in [-0.2, -0.15) is 0 Å². The molecule has 0 rings (SSSR count). The molecule has 1 unspecified atom stereocenters. The summed E-state index contributed by atoms with van der Waals surface area (Å²) < 4.78 is 0. The number of unbranched alkanes of at least 4 members (excludes halogenated alkanes) is 2. The summed E-state index contributed by atoms with van der Waals surface area (Å²) in [6, 6.07) is 0. The van der Waals surface area contributed by atoms with Crippen LogP contribution in [0.2, 0.25) is 5.82 Å². The molecule has 0 aromatic rings. The topological polar surface area (TPSA) is 0 Å². The summed E-state index contributed by atoms with van der Waals surface area (Å²) in [5.74, 6) is 0.904. The van der Waals surface area contributed by atoms with Crippen molar-refractivity contribution in [3.63, 3.8) is 0 Å². The molecular formula is C7H17B. The second-order valence-corrected chi connectivity index (χ2v) is 2.89. The van der Waals surface area contributed by atoms with E-state index in [1.165, 1.54) is 25.7 Å². The minimum atomic E-state index is 0.904. The van der Waals surface area contributed by atoms with E-state index in [9.17, 15) is 0 Å². The van der Waals surface area contributed by atoms with Gasteiger partial charge in [0.25, 0.3) is 0 Å². The zero-order chi connectivity index (χ0) is 6.41. The van der Waals surface area contributed by atoms with E-state index in [2.05, 4.69) is 21.7 Å². The van der Waals surface area contributed by atoms with Crippen LogP contribution in [0.25, 0.3) is 0 Å². The van der Waals surface area contributed by atoms with Crippen molar-refractivity contribution >= 4 is 7.85 Å². The van der Waals surface area contributed by atoms with E-state index in [0.717, 1.165) is 5.82 Å². The Bertz CT molecular complexity index is 41.7. The van der Waals surface area contributed by atoms with E-state index in [1.54, 1.807) is 0 Å². The first-order chi connectivity index (χ1) is 3.77. The minimum absolute atomic E-state index is 0.904. The van der Waals surface area contributed by atoms with Gasteiger partial charge in [0.2, 0.25) is 0 Å². The minimum Gasteiger partial charge on any atom is -0.0725 e. The fourth-order valence-corrected chi connectivity index (χ4v) is 0.803. The normalized spacial score (nSPS) is 13.8. The van der Waals surface area contributed by atoms with Crippen LogP contribution >= 0.6 is 0 Å². The highest BCUT2D eigenvalue weighted by molar-refractivity contribution is 6.11. The second-order valence-electron chi connectivity index (χ2n) is 2.89. The molecule has 8 heavy (non-hydrogen) atoms. The molecule has 1 heteroatoms. The maximum Gasteiger partial charge on any atom is 0.105 e. The van der Waals surface area contributed by atoms with E-state index >= 15 is 0 Å². The molecule has 0 aromatic carbocycles. The molecule has 0 bridgehead atoms. The summed E-state index contributed by atoms with van der Waals surface area (Å²) in [4.78, 5) is 0. The van der Waals surface area contributed by atoms with Crippen molar-refractivity contribution in [2.24, 2.45) is 0 Å². The summed E-state index contributed by atoms with van der Waals surface area (Å²) in [6.07, 6.45) is 5.60. The van der Waals surface area contributed by atoms with Gasteiger partial charge in [-0.3, -0.25) is 0 Å². The average molecular weight is 112 g/mol. The molecule has 0 radical (unpaired) electrons. The molecule has 0 amide bonds. The van der Waals surface area contributed by atoms with Crippen LogP contribution in [-0.4, -0.2) is 7.85 Å². The first-order valence-electron chi connectivity index (χ1n) is 3.77. The molecule has 0 aliphatic rings. The fourth-order valence-electron chi connectivity index (χ4n) is 0.803. The lowest BCUT2D eigenvalue weighted by Crippen LogP contribution is -1.84. The van der Waals surface area contributed by atoms with E-state index in [-0.39, 0.29) is 0 Å². The van der Waals surface area contributed by atoms with Gasteiger partial charge < -0.3 is 0 Å². The average Bonchev–Trinajstić information content (AvgIpc) is 1.66. The Kier molecular flexibility index (Phi) is 5.25. The van der Waals surface area contributed by atoms with Gasteiger partial charge in [-0.25, -0.2) is 0 Å². The van der Waals surface area contributed by atoms with Crippen molar-refractivity contribution in [1.29, 1.82) is 0 Å². The van der Waals surface area contributed by atoms with E-state index in [0.29, 0.717) is 0 Å². The molecule has 48 valence electrons. The smallest absolute Gasteiger partial charge is 0.0725 e. The second kappa shape index (κ2) is 5.21. The quantitative estimate of drug-likeness (QED) is 0.385. The molecule has 0 saturated carbocycles. The molecule has 0 heterocycles. The van der Waals surface area contributed by atoms with Crippen LogP contribution < -0.4 is 0 Å². The summed E-state index contributed by atoms with van der Waals surface area (Å²) in [7, 11) is 2.29. The highest BCUT2D eigenvalue weighted by Gasteiger charge is 1.91. The first kappa shape index (κ1) is 8.06. The Balaban J connectivity index is 2.72. The maximum absolute atomic E-state index is 2.29. The third-order valence-corrected chi connectivity index (χ3v) is 1.39. The number of hydrogen-bond acceptors (Lipinski definition) is 0. The van der Waals surface area contributed by atoms with Crippen molar-refractivity contribution in [1.82, 2.24) is 0 Å². The molecule has 0 saturated heterocycles. The first-order valence-corrected chi connectivity index (χ1v) is 3.77. The van der Waals surface area contributed by atoms with Crippen molar-refractivity contribution in [3.05, 3.63) is 0 Å². The summed E-state index contributed by atoms with van der Waals surface area (Å²) in [5.41, 5.74) is 0. The Labute approximate surface area is 54.1 Å². The third kappa shape index (κ3) is 6.06. The van der Waals surface area contributed by atoms with Crippen molar-refractivity contribution in [2.75, 3.05) is 0 Å². The van der Waals surface area contributed by atoms with Gasteiger partial charge >= 0.3 is 0 Å². The summed E-state index contributed by atoms with van der Waals surface area (Å²) >= 11 is 0. The van der Waals surface area contributed by atoms with Gasteiger partial charge in [-0.1, -0.05) is 45.3 Å². The van der Waals surface area contributed by atoms with Crippen LogP contribution in [0.1, 0.15) is 39.5 Å². The molecule has 0 nitrogen and oxygen atoms in total. The molecule has 0 aliphatic heterocycles. The van der Waals surface area contributed by atoms with Crippen molar-refractivity contribution < 1.29 is 0 Å². The van der Waals surface area contributed by atoms with Crippen LogP contribution in [0.3, 0.4) is 0 Å². The SMILES string of the molecule is BC(C)CCCCC. The fraction of sp³-hybridized carbons (Fsp3) is 1.00. The van der Waals surface area contributed by atoms with Gasteiger partial charge in [0.05, 0.1) is 0 Å². The van der Waals surface area contributed by atoms with Crippen LogP contribution in [0, 0.1) is 0 Å². The standard InChI is InChI=1S/C7H17B/c1-3-4-5-6-7(2)8/h7H,3-6,8H2,1-2H3. The molecule has 0 aromatic heterocycles. The van der Waals surface area contributed by atoms with Gasteiger partial charge in [0.15, 0.2) is 0 Å². The van der Waals surface area contributed by atoms with Crippen molar-refractivity contribution in [3.8, 4) is 0 Å². The van der Waals surface area contributed by atoms with E-state index in [1.807, 2.05) is 0 Å². The van der Waals surface area contributed by atoms with Crippen LogP contribution in [0.15, 0.2) is 0 Å². The molecule has 0 aliphatic carbocycles. The highest BCUT2D eigenvalue weighted by atomic mass is 13.9. The third-order valence-electron chi connectivity index (χ3n) is 1.39.